The highest BCUT2D eigenvalue weighted by atomic mass is 32.2. The number of sulfonamides is 1. The van der Waals surface area contributed by atoms with Crippen molar-refractivity contribution in [2.75, 3.05) is 19.8 Å². The van der Waals surface area contributed by atoms with E-state index in [0.717, 1.165) is 0 Å². The Morgan fingerprint density at radius 3 is 2.74 bits per heavy atom. The van der Waals surface area contributed by atoms with Crippen molar-refractivity contribution in [3.05, 3.63) is 12.5 Å². The SMILES string of the molecule is CCn1cnc(S(=O)(=O)NC2(CN)CCOCC2)c1. The molecule has 0 amide bonds. The molecular weight excluding hydrogens is 268 g/mol. The van der Waals surface area contributed by atoms with Crippen LogP contribution >= 0.6 is 0 Å². The summed E-state index contributed by atoms with van der Waals surface area (Å²) in [6.07, 6.45) is 4.19. The van der Waals surface area contributed by atoms with E-state index in [2.05, 4.69) is 9.71 Å². The predicted octanol–water partition coefficient (Wildman–Crippen LogP) is -0.311. The van der Waals surface area contributed by atoms with Crippen LogP contribution in [0.5, 0.6) is 0 Å². The average molecular weight is 288 g/mol. The third kappa shape index (κ3) is 3.14. The zero-order chi connectivity index (χ0) is 13.9. The molecule has 0 radical (unpaired) electrons. The van der Waals surface area contributed by atoms with E-state index in [9.17, 15) is 8.42 Å². The van der Waals surface area contributed by atoms with Gasteiger partial charge in [0.05, 0.1) is 6.33 Å². The van der Waals surface area contributed by atoms with Crippen molar-refractivity contribution < 1.29 is 13.2 Å². The summed E-state index contributed by atoms with van der Waals surface area (Å²) >= 11 is 0. The molecule has 0 atom stereocenters. The Morgan fingerprint density at radius 1 is 1.53 bits per heavy atom. The molecule has 1 fully saturated rings. The minimum Gasteiger partial charge on any atom is -0.381 e. The van der Waals surface area contributed by atoms with Gasteiger partial charge in [0, 0.05) is 38.0 Å². The lowest BCUT2D eigenvalue weighted by atomic mass is 9.92. The molecule has 1 aliphatic rings. The number of hydrogen-bond acceptors (Lipinski definition) is 5. The number of ether oxygens (including phenoxy) is 1. The monoisotopic (exact) mass is 288 g/mol. The van der Waals surface area contributed by atoms with Crippen molar-refractivity contribution in [3.63, 3.8) is 0 Å². The molecule has 19 heavy (non-hydrogen) atoms. The van der Waals surface area contributed by atoms with E-state index in [0.29, 0.717) is 32.6 Å². The second-order valence-electron chi connectivity index (χ2n) is 4.74. The van der Waals surface area contributed by atoms with Crippen LogP contribution in [0.3, 0.4) is 0 Å². The molecule has 1 aliphatic heterocycles. The lowest BCUT2D eigenvalue weighted by molar-refractivity contribution is 0.0501. The molecule has 1 aromatic rings. The Kier molecular flexibility index (Phi) is 4.24. The van der Waals surface area contributed by atoms with Crippen LogP contribution < -0.4 is 10.5 Å². The van der Waals surface area contributed by atoms with Crippen LogP contribution in [0.25, 0.3) is 0 Å². The topological polar surface area (TPSA) is 99.2 Å². The second-order valence-corrected chi connectivity index (χ2v) is 6.37. The molecule has 1 aromatic heterocycles. The minimum atomic E-state index is -3.64. The van der Waals surface area contributed by atoms with Crippen molar-refractivity contribution in [1.82, 2.24) is 14.3 Å². The summed E-state index contributed by atoms with van der Waals surface area (Å²) in [5.74, 6) is 0. The van der Waals surface area contributed by atoms with Gasteiger partial charge in [-0.05, 0) is 19.8 Å². The molecule has 0 aliphatic carbocycles. The summed E-state index contributed by atoms with van der Waals surface area (Å²) in [7, 11) is -3.64. The number of nitrogens with one attached hydrogen (secondary N) is 1. The van der Waals surface area contributed by atoms with Crippen LogP contribution in [0.15, 0.2) is 17.6 Å². The number of aromatic nitrogens is 2. The molecule has 2 heterocycles. The van der Waals surface area contributed by atoms with Gasteiger partial charge in [0.1, 0.15) is 0 Å². The van der Waals surface area contributed by atoms with Gasteiger partial charge in [-0.25, -0.2) is 18.1 Å². The lowest BCUT2D eigenvalue weighted by Crippen LogP contribution is -2.56. The van der Waals surface area contributed by atoms with Crippen LogP contribution in [-0.2, 0) is 21.3 Å². The van der Waals surface area contributed by atoms with E-state index >= 15 is 0 Å². The molecule has 8 heteroatoms. The molecule has 0 spiro atoms. The molecule has 0 aromatic carbocycles. The minimum absolute atomic E-state index is 0.0358. The van der Waals surface area contributed by atoms with Gasteiger partial charge in [-0.3, -0.25) is 0 Å². The number of nitrogens with zero attached hydrogens (tertiary/aromatic N) is 2. The second kappa shape index (κ2) is 5.58. The summed E-state index contributed by atoms with van der Waals surface area (Å²) in [6.45, 7) is 3.89. The highest BCUT2D eigenvalue weighted by Gasteiger charge is 2.36. The van der Waals surface area contributed by atoms with E-state index in [-0.39, 0.29) is 11.6 Å². The smallest absolute Gasteiger partial charge is 0.260 e. The normalized spacial score (nSPS) is 19.5. The molecular formula is C11H20N4O3S. The summed E-state index contributed by atoms with van der Waals surface area (Å²) in [5, 5.41) is 0.0358. The number of hydrogen-bond donors (Lipinski definition) is 2. The molecule has 0 unspecified atom stereocenters. The van der Waals surface area contributed by atoms with E-state index in [1.165, 1.54) is 12.5 Å². The van der Waals surface area contributed by atoms with Gasteiger partial charge >= 0.3 is 0 Å². The molecule has 1 saturated heterocycles. The van der Waals surface area contributed by atoms with Crippen molar-refractivity contribution >= 4 is 10.0 Å². The van der Waals surface area contributed by atoms with Gasteiger partial charge in [-0.15, -0.1) is 0 Å². The first-order chi connectivity index (χ1) is 9.01. The molecule has 108 valence electrons. The summed E-state index contributed by atoms with van der Waals surface area (Å²) in [6, 6.07) is 0. The van der Waals surface area contributed by atoms with Gasteiger partial charge < -0.3 is 15.0 Å². The highest BCUT2D eigenvalue weighted by Crippen LogP contribution is 2.22. The van der Waals surface area contributed by atoms with Crippen LogP contribution in [-0.4, -0.2) is 43.3 Å². The van der Waals surface area contributed by atoms with Gasteiger partial charge in [0.25, 0.3) is 10.0 Å². The third-order valence-corrected chi connectivity index (χ3v) is 4.90. The fraction of sp³-hybridized carbons (Fsp3) is 0.727. The fourth-order valence-electron chi connectivity index (χ4n) is 2.10. The Balaban J connectivity index is 2.19. The first kappa shape index (κ1) is 14.4. The Bertz CT molecular complexity index is 520. The Hall–Kier alpha value is -0.960. The molecule has 0 bridgehead atoms. The van der Waals surface area contributed by atoms with Gasteiger partial charge in [-0.1, -0.05) is 0 Å². The van der Waals surface area contributed by atoms with Crippen LogP contribution in [0.1, 0.15) is 19.8 Å². The summed E-state index contributed by atoms with van der Waals surface area (Å²) in [5.41, 5.74) is 5.13. The molecule has 0 saturated carbocycles. The molecule has 3 N–H and O–H groups in total. The van der Waals surface area contributed by atoms with Gasteiger partial charge in [0.2, 0.25) is 0 Å². The van der Waals surface area contributed by atoms with E-state index in [1.54, 1.807) is 4.57 Å². The van der Waals surface area contributed by atoms with E-state index in [1.807, 2.05) is 6.92 Å². The number of rotatable bonds is 5. The number of imidazole rings is 1. The first-order valence-electron chi connectivity index (χ1n) is 6.35. The number of aryl methyl sites for hydroxylation is 1. The quantitative estimate of drug-likeness (QED) is 0.774. The van der Waals surface area contributed by atoms with Crippen molar-refractivity contribution in [3.8, 4) is 0 Å². The van der Waals surface area contributed by atoms with E-state index < -0.39 is 15.6 Å². The largest absolute Gasteiger partial charge is 0.381 e. The summed E-state index contributed by atoms with van der Waals surface area (Å²) < 4.78 is 34.3. The maximum atomic E-state index is 12.3. The summed E-state index contributed by atoms with van der Waals surface area (Å²) in [4.78, 5) is 3.93. The van der Waals surface area contributed by atoms with Crippen LogP contribution in [0, 0.1) is 0 Å². The number of nitrogens with two attached hydrogens (primary N) is 1. The standard InChI is InChI=1S/C11H20N4O3S/c1-2-15-7-10(13-9-15)19(16,17)14-11(8-12)3-5-18-6-4-11/h7,9,14H,2-6,8,12H2,1H3. The zero-order valence-electron chi connectivity index (χ0n) is 11.0. The van der Waals surface area contributed by atoms with Crippen molar-refractivity contribution in [2.45, 2.75) is 36.9 Å². The molecule has 7 nitrogen and oxygen atoms in total. The molecule has 2 rings (SSSR count). The Labute approximate surface area is 113 Å². The van der Waals surface area contributed by atoms with Crippen LogP contribution in [0.4, 0.5) is 0 Å². The first-order valence-corrected chi connectivity index (χ1v) is 7.83. The maximum absolute atomic E-state index is 12.3. The zero-order valence-corrected chi connectivity index (χ0v) is 11.8. The van der Waals surface area contributed by atoms with E-state index in [4.69, 9.17) is 10.5 Å². The maximum Gasteiger partial charge on any atom is 0.260 e. The fourth-order valence-corrected chi connectivity index (χ4v) is 3.52. The third-order valence-electron chi connectivity index (χ3n) is 3.44. The van der Waals surface area contributed by atoms with Crippen molar-refractivity contribution in [2.24, 2.45) is 5.73 Å². The average Bonchev–Trinajstić information content (AvgIpc) is 2.89. The van der Waals surface area contributed by atoms with Gasteiger partial charge in [0.15, 0.2) is 5.03 Å². The lowest BCUT2D eigenvalue weighted by Gasteiger charge is -2.36. The highest BCUT2D eigenvalue weighted by molar-refractivity contribution is 7.89. The predicted molar refractivity (Wildman–Crippen MR) is 70.1 cm³/mol. The van der Waals surface area contributed by atoms with Gasteiger partial charge in [-0.2, -0.15) is 0 Å². The van der Waals surface area contributed by atoms with Crippen molar-refractivity contribution in [1.29, 1.82) is 0 Å². The van der Waals surface area contributed by atoms with Crippen LogP contribution in [0.2, 0.25) is 0 Å². The Morgan fingerprint density at radius 2 is 2.21 bits per heavy atom.